The number of thioether (sulfide) groups is 1. The number of amides is 2. The van der Waals surface area contributed by atoms with Crippen LogP contribution in [0.3, 0.4) is 0 Å². The molecule has 1 aliphatic heterocycles. The summed E-state index contributed by atoms with van der Waals surface area (Å²) in [4.78, 5) is 26.7. The maximum absolute atomic E-state index is 12.3. The minimum atomic E-state index is -0.719. The van der Waals surface area contributed by atoms with Crippen LogP contribution < -0.4 is 15.4 Å². The molecule has 11 heteroatoms. The van der Waals surface area contributed by atoms with Gasteiger partial charge in [-0.1, -0.05) is 96.8 Å². The summed E-state index contributed by atoms with van der Waals surface area (Å²) in [5, 5.41) is 11.5. The van der Waals surface area contributed by atoms with Crippen LogP contribution in [0.15, 0.2) is 22.2 Å². The molecule has 1 aromatic heterocycles. The number of carbonyl (C=O) groups is 2. The number of hydrogen-bond donors (Lipinski definition) is 2. The Bertz CT molecular complexity index is 915. The van der Waals surface area contributed by atoms with E-state index in [1.165, 1.54) is 83.5 Å². The van der Waals surface area contributed by atoms with Gasteiger partial charge < -0.3 is 34.3 Å². The highest BCUT2D eigenvalue weighted by Crippen LogP contribution is 2.16. The van der Waals surface area contributed by atoms with Crippen LogP contribution in [0.5, 0.6) is 5.88 Å². The van der Waals surface area contributed by atoms with Crippen molar-refractivity contribution in [3.05, 3.63) is 23.4 Å². The molecular formula is C34H60N4O6S. The number of aryl methyl sites for hydroxylation is 1. The summed E-state index contributed by atoms with van der Waals surface area (Å²) in [6.45, 7) is 5.97. The van der Waals surface area contributed by atoms with Gasteiger partial charge in [0.15, 0.2) is 6.10 Å². The molecule has 1 atom stereocenters. The summed E-state index contributed by atoms with van der Waals surface area (Å²) >= 11 is 1.80. The lowest BCUT2D eigenvalue weighted by Crippen LogP contribution is -2.36. The highest BCUT2D eigenvalue weighted by atomic mass is 32.2. The van der Waals surface area contributed by atoms with Crippen LogP contribution in [0.25, 0.3) is 0 Å². The fourth-order valence-corrected chi connectivity index (χ4v) is 5.82. The third-order valence-electron chi connectivity index (χ3n) is 7.74. The molecule has 0 aromatic carbocycles. The molecule has 0 unspecified atom stereocenters. The van der Waals surface area contributed by atoms with E-state index in [0.717, 1.165) is 44.5 Å². The maximum Gasteiger partial charge on any atom is 0.407 e. The number of alkyl carbamates (subject to hydrolysis) is 2. The molecule has 1 aromatic rings. The van der Waals surface area contributed by atoms with Crippen molar-refractivity contribution >= 4 is 23.9 Å². The number of nitrogens with one attached hydrogen (secondary N) is 2. The Hall–Kier alpha value is -2.56. The van der Waals surface area contributed by atoms with Gasteiger partial charge in [0.25, 0.3) is 5.88 Å². The van der Waals surface area contributed by atoms with Crippen molar-refractivity contribution in [2.45, 2.75) is 136 Å². The van der Waals surface area contributed by atoms with Crippen LogP contribution in [0.2, 0.25) is 0 Å². The first-order chi connectivity index (χ1) is 22.1. The van der Waals surface area contributed by atoms with E-state index < -0.39 is 18.3 Å². The van der Waals surface area contributed by atoms with Crippen molar-refractivity contribution in [1.29, 1.82) is 0 Å². The summed E-state index contributed by atoms with van der Waals surface area (Å²) in [5.74, 6) is 1.85. The van der Waals surface area contributed by atoms with E-state index in [-0.39, 0.29) is 19.1 Å². The molecule has 2 amide bonds. The van der Waals surface area contributed by atoms with Gasteiger partial charge in [-0.2, -0.15) is 0 Å². The van der Waals surface area contributed by atoms with Gasteiger partial charge in [-0.3, -0.25) is 0 Å². The molecule has 2 rings (SSSR count). The molecule has 2 N–H and O–H groups in total. The van der Waals surface area contributed by atoms with Crippen LogP contribution in [0, 0.1) is 6.92 Å². The maximum atomic E-state index is 12.3. The van der Waals surface area contributed by atoms with Crippen molar-refractivity contribution in [1.82, 2.24) is 20.7 Å². The SMILES string of the molecule is CCCCCCCCCCCCCCCCCNC(=O)OC[C@@H](COC(=O)NCCCCCN1C=CSC1)Oc1cc(C)on1. The number of nitrogens with zero attached hydrogens (tertiary/aromatic N) is 2. The second-order valence-corrected chi connectivity index (χ2v) is 12.8. The highest BCUT2D eigenvalue weighted by molar-refractivity contribution is 8.02. The largest absolute Gasteiger partial charge is 0.465 e. The minimum absolute atomic E-state index is 0.0902. The van der Waals surface area contributed by atoms with E-state index in [4.69, 9.17) is 18.7 Å². The molecule has 0 bridgehead atoms. The van der Waals surface area contributed by atoms with Gasteiger partial charge in [0, 0.05) is 31.9 Å². The Balaban J connectivity index is 1.47. The number of aromatic nitrogens is 1. The van der Waals surface area contributed by atoms with E-state index in [1.54, 1.807) is 24.8 Å². The van der Waals surface area contributed by atoms with E-state index in [0.29, 0.717) is 18.8 Å². The molecule has 45 heavy (non-hydrogen) atoms. The van der Waals surface area contributed by atoms with Crippen LogP contribution in [0.4, 0.5) is 9.59 Å². The van der Waals surface area contributed by atoms with Gasteiger partial charge in [0.05, 0.1) is 5.88 Å². The van der Waals surface area contributed by atoms with Gasteiger partial charge in [-0.05, 0) is 43.2 Å². The molecule has 1 aliphatic rings. The van der Waals surface area contributed by atoms with Crippen LogP contribution in [-0.2, 0) is 9.47 Å². The summed E-state index contributed by atoms with van der Waals surface area (Å²) in [5.41, 5.74) is 0. The molecule has 0 radical (unpaired) electrons. The topological polar surface area (TPSA) is 115 Å². The van der Waals surface area contributed by atoms with E-state index in [9.17, 15) is 9.59 Å². The second-order valence-electron chi connectivity index (χ2n) is 12.0. The number of ether oxygens (including phenoxy) is 3. The smallest absolute Gasteiger partial charge is 0.407 e. The Kier molecular flexibility index (Phi) is 22.9. The average Bonchev–Trinajstić information content (AvgIpc) is 3.71. The Morgan fingerprint density at radius 3 is 1.80 bits per heavy atom. The fraction of sp³-hybridized carbons (Fsp3) is 0.794. The summed E-state index contributed by atoms with van der Waals surface area (Å²) < 4.78 is 21.5. The van der Waals surface area contributed by atoms with E-state index >= 15 is 0 Å². The lowest BCUT2D eigenvalue weighted by atomic mass is 10.0. The predicted octanol–water partition coefficient (Wildman–Crippen LogP) is 8.70. The monoisotopic (exact) mass is 652 g/mol. The van der Waals surface area contributed by atoms with Gasteiger partial charge in [-0.25, -0.2) is 9.59 Å². The predicted molar refractivity (Wildman–Crippen MR) is 181 cm³/mol. The molecule has 0 fully saturated rings. The average molecular weight is 653 g/mol. The molecule has 0 aliphatic carbocycles. The van der Waals surface area contributed by atoms with Crippen LogP contribution >= 0.6 is 11.8 Å². The van der Waals surface area contributed by atoms with Gasteiger partial charge in [0.1, 0.15) is 19.0 Å². The number of rotatable bonds is 28. The van der Waals surface area contributed by atoms with Gasteiger partial charge >= 0.3 is 12.2 Å². The number of carbonyl (C=O) groups excluding carboxylic acids is 2. The Morgan fingerprint density at radius 1 is 0.822 bits per heavy atom. The molecular weight excluding hydrogens is 592 g/mol. The normalized spacial score (nSPS) is 13.2. The zero-order chi connectivity index (χ0) is 32.2. The first-order valence-corrected chi connectivity index (χ1v) is 18.5. The van der Waals surface area contributed by atoms with Crippen LogP contribution in [-0.4, -0.2) is 67.1 Å². The molecule has 258 valence electrons. The summed E-state index contributed by atoms with van der Waals surface area (Å²) in [6, 6.07) is 1.63. The summed E-state index contributed by atoms with van der Waals surface area (Å²) in [6.07, 6.45) is 22.9. The van der Waals surface area contributed by atoms with Crippen molar-refractivity contribution in [3.63, 3.8) is 0 Å². The summed E-state index contributed by atoms with van der Waals surface area (Å²) in [7, 11) is 0. The highest BCUT2D eigenvalue weighted by Gasteiger charge is 2.18. The quantitative estimate of drug-likeness (QED) is 0.0858. The number of unbranched alkanes of at least 4 members (excludes halogenated alkanes) is 16. The van der Waals surface area contributed by atoms with Gasteiger partial charge in [0.2, 0.25) is 0 Å². The third kappa shape index (κ3) is 21.7. The molecule has 10 nitrogen and oxygen atoms in total. The van der Waals surface area contributed by atoms with Crippen molar-refractivity contribution in [2.24, 2.45) is 0 Å². The lowest BCUT2D eigenvalue weighted by molar-refractivity contribution is 0.0324. The number of hydrogen-bond acceptors (Lipinski definition) is 9. The second kappa shape index (κ2) is 26.6. The van der Waals surface area contributed by atoms with E-state index in [2.05, 4.69) is 39.2 Å². The standard InChI is InChI=1S/C34H60N4O6S/c1-3-4-5-6-7-8-9-10-11-12-13-14-15-16-18-21-35-33(39)41-27-31(43-32-26-30(2)44-37-32)28-42-34(40)36-22-19-17-20-23-38-24-25-45-29-38/h24-26,31H,3-23,27-29H2,1-2H3,(H,35,39)(H,36,40)/t31-/m0/s1. The third-order valence-corrected chi connectivity index (χ3v) is 8.54. The van der Waals surface area contributed by atoms with Gasteiger partial charge in [-0.15, -0.1) is 11.8 Å². The van der Waals surface area contributed by atoms with Crippen molar-refractivity contribution in [2.75, 3.05) is 38.7 Å². The first kappa shape index (κ1) is 38.6. The van der Waals surface area contributed by atoms with Crippen molar-refractivity contribution in [3.8, 4) is 5.88 Å². The minimum Gasteiger partial charge on any atom is -0.465 e. The fourth-order valence-electron chi connectivity index (χ4n) is 5.07. The molecule has 0 saturated carbocycles. The molecule has 0 spiro atoms. The van der Waals surface area contributed by atoms with Crippen LogP contribution in [0.1, 0.15) is 128 Å². The zero-order valence-corrected chi connectivity index (χ0v) is 28.8. The molecule has 2 heterocycles. The molecule has 0 saturated heterocycles. The zero-order valence-electron chi connectivity index (χ0n) is 28.0. The Morgan fingerprint density at radius 2 is 1.33 bits per heavy atom. The first-order valence-electron chi connectivity index (χ1n) is 17.5. The van der Waals surface area contributed by atoms with Crippen molar-refractivity contribution < 1.29 is 28.3 Å². The lowest BCUT2D eigenvalue weighted by Gasteiger charge is -2.18. The van der Waals surface area contributed by atoms with E-state index in [1.807, 2.05) is 0 Å². The Labute approximate surface area is 276 Å².